The second-order valence-corrected chi connectivity index (χ2v) is 4.11. The van der Waals surface area contributed by atoms with Crippen molar-refractivity contribution in [3.05, 3.63) is 0 Å². The highest BCUT2D eigenvalue weighted by Crippen LogP contribution is 1.83. The Morgan fingerprint density at radius 3 is 1.00 bits per heavy atom. The normalized spacial score (nSPS) is 9.00. The third kappa shape index (κ3) is 63.9. The molecule has 0 aliphatic carbocycles. The van der Waals surface area contributed by atoms with Gasteiger partial charge in [-0.3, -0.25) is 0 Å². The second-order valence-electron chi connectivity index (χ2n) is 4.11. The number of rotatable bonds is 1. The average Bonchev–Trinajstić information content (AvgIpc) is 1.63. The van der Waals surface area contributed by atoms with Crippen molar-refractivity contribution in [2.75, 3.05) is 48.8 Å². The molecule has 4 heteroatoms. The Bertz CT molecular complexity index is 67.2. The molecule has 0 rings (SSSR count). The van der Waals surface area contributed by atoms with Gasteiger partial charge in [0, 0.05) is 0 Å². The molecule has 0 saturated heterocycles. The number of hydrogen-bond donors (Lipinski definition) is 1. The summed E-state index contributed by atoms with van der Waals surface area (Å²) in [5.41, 5.74) is 0. The Morgan fingerprint density at radius 1 is 0.917 bits per heavy atom. The van der Waals surface area contributed by atoms with Crippen LogP contribution in [0.5, 0.6) is 0 Å². The van der Waals surface area contributed by atoms with Crippen LogP contribution in [0.2, 0.25) is 0 Å². The molecule has 0 aliphatic heterocycles. The predicted molar refractivity (Wildman–Crippen MR) is 47.3 cm³/mol. The zero-order valence-electron chi connectivity index (χ0n) is 9.41. The van der Waals surface area contributed by atoms with E-state index in [1.165, 1.54) is 11.4 Å². The van der Waals surface area contributed by atoms with Gasteiger partial charge < -0.3 is 57.3 Å². The van der Waals surface area contributed by atoms with Crippen LogP contribution in [0.25, 0.3) is 0 Å². The van der Waals surface area contributed by atoms with Crippen molar-refractivity contribution in [3.63, 3.8) is 0 Å². The van der Waals surface area contributed by atoms with Crippen molar-refractivity contribution in [1.29, 1.82) is 0 Å². The van der Waals surface area contributed by atoms with Gasteiger partial charge in [0.05, 0.1) is 48.8 Å². The monoisotopic (exact) mass is 402 g/mol. The number of halogens is 2. The van der Waals surface area contributed by atoms with Crippen molar-refractivity contribution in [2.24, 2.45) is 0 Å². The summed E-state index contributed by atoms with van der Waals surface area (Å²) in [7, 11) is 12.8. The summed E-state index contributed by atoms with van der Waals surface area (Å²) >= 11 is 0. The van der Waals surface area contributed by atoms with E-state index < -0.39 is 0 Å². The first-order valence-electron chi connectivity index (χ1n) is 3.86. The van der Waals surface area contributed by atoms with E-state index in [0.717, 1.165) is 4.48 Å². The second kappa shape index (κ2) is 12.4. The Kier molecular flexibility index (Phi) is 24.0. The van der Waals surface area contributed by atoms with Gasteiger partial charge in [-0.05, 0) is 6.92 Å². The standard InChI is InChI=1S/C5H14N.C3H9N.2HI/c1-5-6(2,3)4;1-4(2)3;;/h5H2,1-4H3;1-3H3;2*1H/q+1;;;/p-1. The fourth-order valence-corrected chi connectivity index (χ4v) is 0. The molecule has 80 valence electrons. The van der Waals surface area contributed by atoms with Crippen LogP contribution < -0.4 is 52.9 Å². The van der Waals surface area contributed by atoms with Crippen LogP contribution in [-0.4, -0.2) is 53.3 Å². The van der Waals surface area contributed by atoms with E-state index in [4.69, 9.17) is 0 Å². The van der Waals surface area contributed by atoms with Crippen LogP contribution in [0.4, 0.5) is 0 Å². The smallest absolute Gasteiger partial charge is 0.0751 e. The van der Waals surface area contributed by atoms with Gasteiger partial charge in [0.2, 0.25) is 0 Å². The first-order valence-corrected chi connectivity index (χ1v) is 3.86. The highest BCUT2D eigenvalue weighted by molar-refractivity contribution is 4.06. The molecule has 0 aliphatic rings. The molecule has 0 radical (unpaired) electrons. The van der Waals surface area contributed by atoms with Crippen LogP contribution in [0.3, 0.4) is 0 Å². The lowest BCUT2D eigenvalue weighted by Gasteiger charge is -2.20. The Morgan fingerprint density at radius 2 is 1.00 bits per heavy atom. The maximum atomic E-state index is 2.18. The molecule has 0 fully saturated rings. The van der Waals surface area contributed by atoms with Gasteiger partial charge in [0.25, 0.3) is 0 Å². The number of nitrogens with zero attached hydrogens (tertiary/aromatic N) is 1. The molecule has 0 aromatic rings. The minimum Gasteiger partial charge on any atom is -1.00 e. The van der Waals surface area contributed by atoms with Crippen LogP contribution in [-0.2, 0) is 0 Å². The van der Waals surface area contributed by atoms with Crippen LogP contribution in [0, 0.1) is 0 Å². The third-order valence-electron chi connectivity index (χ3n) is 0.949. The van der Waals surface area contributed by atoms with E-state index in [9.17, 15) is 0 Å². The molecular weight excluding hydrogens is 378 g/mol. The largest absolute Gasteiger partial charge is 1.00 e. The van der Waals surface area contributed by atoms with Gasteiger partial charge in [-0.2, -0.15) is 0 Å². The highest BCUT2D eigenvalue weighted by atomic mass is 127. The van der Waals surface area contributed by atoms with Gasteiger partial charge in [-0.1, -0.05) is 0 Å². The highest BCUT2D eigenvalue weighted by Gasteiger charge is 1.97. The average molecular weight is 402 g/mol. The molecular formula is C8H24I2N2. The van der Waals surface area contributed by atoms with Gasteiger partial charge in [0.1, 0.15) is 0 Å². The van der Waals surface area contributed by atoms with E-state index in [1.807, 2.05) is 0 Å². The summed E-state index contributed by atoms with van der Waals surface area (Å²) < 4.78 is 1.07. The minimum absolute atomic E-state index is 0. The Labute approximate surface area is 112 Å². The van der Waals surface area contributed by atoms with Crippen molar-refractivity contribution in [1.82, 2.24) is 0 Å². The van der Waals surface area contributed by atoms with Crippen molar-refractivity contribution < 1.29 is 57.3 Å². The molecule has 0 saturated carbocycles. The van der Waals surface area contributed by atoms with E-state index in [0.29, 0.717) is 0 Å². The van der Waals surface area contributed by atoms with E-state index in [1.54, 1.807) is 0 Å². The lowest BCUT2D eigenvalue weighted by Crippen LogP contribution is -3.02. The SMILES string of the molecule is CC[N+](C)(C)C.C[NH+](C)C.[I-].[I-]. The lowest BCUT2D eigenvalue weighted by atomic mass is 10.6. The van der Waals surface area contributed by atoms with Crippen molar-refractivity contribution >= 4 is 0 Å². The van der Waals surface area contributed by atoms with E-state index in [-0.39, 0.29) is 48.0 Å². The minimum atomic E-state index is 0. The summed E-state index contributed by atoms with van der Waals surface area (Å²) in [4.78, 5) is 1.42. The molecule has 2 nitrogen and oxygen atoms in total. The molecule has 0 aromatic carbocycles. The molecule has 0 bridgehead atoms. The predicted octanol–water partition coefficient (Wildman–Crippen LogP) is -6.52. The molecule has 0 spiro atoms. The number of hydrogen-bond acceptors (Lipinski definition) is 0. The third-order valence-corrected chi connectivity index (χ3v) is 0.949. The summed E-state index contributed by atoms with van der Waals surface area (Å²) in [6.07, 6.45) is 0. The summed E-state index contributed by atoms with van der Waals surface area (Å²) in [5, 5.41) is 0. The number of nitrogens with one attached hydrogen (secondary N) is 1. The van der Waals surface area contributed by atoms with Crippen LogP contribution in [0.15, 0.2) is 0 Å². The molecule has 1 N–H and O–H groups in total. The first-order chi connectivity index (χ1) is 4.29. The zero-order valence-corrected chi connectivity index (χ0v) is 13.7. The Hall–Kier alpha value is 1.38. The van der Waals surface area contributed by atoms with Gasteiger partial charge in [0.15, 0.2) is 0 Å². The Balaban J connectivity index is -0.0000000483. The molecule has 0 atom stereocenters. The maximum absolute atomic E-state index is 2.18. The van der Waals surface area contributed by atoms with Crippen molar-refractivity contribution in [2.45, 2.75) is 6.92 Å². The summed E-state index contributed by atoms with van der Waals surface area (Å²) in [6, 6.07) is 0. The molecule has 0 unspecified atom stereocenters. The van der Waals surface area contributed by atoms with Gasteiger partial charge >= 0.3 is 0 Å². The zero-order chi connectivity index (χ0) is 8.78. The van der Waals surface area contributed by atoms with E-state index in [2.05, 4.69) is 49.2 Å². The van der Waals surface area contributed by atoms with E-state index >= 15 is 0 Å². The fourth-order valence-electron chi connectivity index (χ4n) is 0. The van der Waals surface area contributed by atoms with Crippen molar-refractivity contribution in [3.8, 4) is 0 Å². The molecule has 12 heavy (non-hydrogen) atoms. The maximum Gasteiger partial charge on any atom is 0.0751 e. The quantitative estimate of drug-likeness (QED) is 0.329. The summed E-state index contributed by atoms with van der Waals surface area (Å²) in [6.45, 7) is 3.39. The van der Waals surface area contributed by atoms with Crippen LogP contribution in [0.1, 0.15) is 6.92 Å². The molecule has 0 amide bonds. The topological polar surface area (TPSA) is 4.44 Å². The molecule has 0 aromatic heterocycles. The first kappa shape index (κ1) is 23.3. The summed E-state index contributed by atoms with van der Waals surface area (Å²) in [5.74, 6) is 0. The lowest BCUT2D eigenvalue weighted by molar-refractivity contribution is -0.868. The van der Waals surface area contributed by atoms with Gasteiger partial charge in [-0.15, -0.1) is 0 Å². The fraction of sp³-hybridized carbons (Fsp3) is 1.00. The molecule has 0 heterocycles. The van der Waals surface area contributed by atoms with Crippen LogP contribution >= 0.6 is 0 Å². The number of quaternary nitrogens is 2. The van der Waals surface area contributed by atoms with Gasteiger partial charge in [-0.25, -0.2) is 0 Å².